The smallest absolute Gasteiger partial charge is 0.251 e. The quantitative estimate of drug-likeness (QED) is 0.761. The summed E-state index contributed by atoms with van der Waals surface area (Å²) < 4.78 is 0. The molecule has 0 aliphatic heterocycles. The number of hydrogen-bond acceptors (Lipinski definition) is 2. The lowest BCUT2D eigenvalue weighted by Gasteiger charge is -2.08. The molecule has 0 aliphatic carbocycles. The van der Waals surface area contributed by atoms with E-state index in [-0.39, 0.29) is 11.9 Å². The third kappa shape index (κ3) is 3.32. The average molecular weight is 222 g/mol. The van der Waals surface area contributed by atoms with Gasteiger partial charge >= 0.3 is 0 Å². The van der Waals surface area contributed by atoms with Crippen LogP contribution >= 0.6 is 12.2 Å². The van der Waals surface area contributed by atoms with Gasteiger partial charge in [0, 0.05) is 17.2 Å². The molecule has 3 N–H and O–H groups in total. The number of benzene rings is 1. The second-order valence-electron chi connectivity index (χ2n) is 3.57. The van der Waals surface area contributed by atoms with E-state index < -0.39 is 0 Å². The van der Waals surface area contributed by atoms with Crippen molar-refractivity contribution in [3.05, 3.63) is 35.4 Å². The summed E-state index contributed by atoms with van der Waals surface area (Å²) in [6.45, 7) is 3.82. The molecule has 1 amide bonds. The largest absolute Gasteiger partial charge is 0.389 e. The second kappa shape index (κ2) is 4.89. The van der Waals surface area contributed by atoms with E-state index in [2.05, 4.69) is 5.32 Å². The first-order valence-corrected chi connectivity index (χ1v) is 5.12. The fourth-order valence-corrected chi connectivity index (χ4v) is 1.29. The van der Waals surface area contributed by atoms with Crippen LogP contribution < -0.4 is 11.1 Å². The van der Waals surface area contributed by atoms with E-state index in [0.717, 1.165) is 0 Å². The Bertz CT molecular complexity index is 388. The molecule has 0 aromatic heterocycles. The van der Waals surface area contributed by atoms with Crippen molar-refractivity contribution in [2.75, 3.05) is 0 Å². The van der Waals surface area contributed by atoms with Crippen LogP contribution in [0.4, 0.5) is 0 Å². The first-order valence-electron chi connectivity index (χ1n) is 4.71. The topological polar surface area (TPSA) is 55.1 Å². The van der Waals surface area contributed by atoms with E-state index in [1.165, 1.54) is 0 Å². The van der Waals surface area contributed by atoms with Crippen LogP contribution in [-0.4, -0.2) is 16.9 Å². The van der Waals surface area contributed by atoms with E-state index in [9.17, 15) is 4.79 Å². The molecule has 3 nitrogen and oxygen atoms in total. The van der Waals surface area contributed by atoms with E-state index in [1.54, 1.807) is 24.3 Å². The van der Waals surface area contributed by atoms with Gasteiger partial charge in [0.25, 0.3) is 5.91 Å². The zero-order valence-electron chi connectivity index (χ0n) is 8.78. The molecule has 0 bridgehead atoms. The first-order chi connectivity index (χ1) is 7.00. The van der Waals surface area contributed by atoms with Crippen molar-refractivity contribution in [1.29, 1.82) is 0 Å². The average Bonchev–Trinajstić information content (AvgIpc) is 2.17. The Morgan fingerprint density at radius 1 is 1.40 bits per heavy atom. The number of rotatable bonds is 3. The van der Waals surface area contributed by atoms with Crippen molar-refractivity contribution < 1.29 is 4.79 Å². The van der Waals surface area contributed by atoms with Crippen LogP contribution in [0.15, 0.2) is 24.3 Å². The molecule has 0 heterocycles. The second-order valence-corrected chi connectivity index (χ2v) is 4.01. The van der Waals surface area contributed by atoms with Gasteiger partial charge in [-0.15, -0.1) is 0 Å². The molecule has 1 aromatic carbocycles. The fourth-order valence-electron chi connectivity index (χ4n) is 1.16. The van der Waals surface area contributed by atoms with Crippen LogP contribution in [0.25, 0.3) is 0 Å². The van der Waals surface area contributed by atoms with Gasteiger partial charge in [0.2, 0.25) is 0 Å². The molecule has 4 heteroatoms. The SMILES string of the molecule is CC(C)NC(=O)c1cccc(C(N)=S)c1. The zero-order valence-corrected chi connectivity index (χ0v) is 9.60. The van der Waals surface area contributed by atoms with Crippen molar-refractivity contribution in [1.82, 2.24) is 5.32 Å². The molecule has 0 unspecified atom stereocenters. The lowest BCUT2D eigenvalue weighted by Crippen LogP contribution is -2.30. The fraction of sp³-hybridized carbons (Fsp3) is 0.273. The number of thiocarbonyl (C=S) groups is 1. The molecule has 0 atom stereocenters. The Hall–Kier alpha value is -1.42. The highest BCUT2D eigenvalue weighted by atomic mass is 32.1. The Morgan fingerprint density at radius 3 is 2.53 bits per heavy atom. The Kier molecular flexibility index (Phi) is 3.80. The Morgan fingerprint density at radius 2 is 2.00 bits per heavy atom. The predicted octanol–water partition coefficient (Wildman–Crippen LogP) is 1.46. The highest BCUT2D eigenvalue weighted by Gasteiger charge is 2.07. The molecular weight excluding hydrogens is 208 g/mol. The molecule has 1 rings (SSSR count). The van der Waals surface area contributed by atoms with Gasteiger partial charge in [-0.2, -0.15) is 0 Å². The number of carbonyl (C=O) groups is 1. The lowest BCUT2D eigenvalue weighted by atomic mass is 10.1. The van der Waals surface area contributed by atoms with Gasteiger partial charge in [0.15, 0.2) is 0 Å². The molecule has 0 saturated carbocycles. The molecule has 0 radical (unpaired) electrons. The maximum atomic E-state index is 11.6. The number of hydrogen-bond donors (Lipinski definition) is 2. The molecule has 15 heavy (non-hydrogen) atoms. The summed E-state index contributed by atoms with van der Waals surface area (Å²) in [6.07, 6.45) is 0. The standard InChI is InChI=1S/C11H14N2OS/c1-7(2)13-11(14)9-5-3-4-8(6-9)10(12)15/h3-7H,1-2H3,(H2,12,15)(H,13,14). The van der Waals surface area contributed by atoms with Gasteiger partial charge in [0.1, 0.15) is 4.99 Å². The summed E-state index contributed by atoms with van der Waals surface area (Å²) in [6, 6.07) is 7.10. The van der Waals surface area contributed by atoms with Crippen LogP contribution in [0.3, 0.4) is 0 Å². The number of nitrogens with two attached hydrogens (primary N) is 1. The molecule has 1 aromatic rings. The van der Waals surface area contributed by atoms with Crippen LogP contribution in [0.1, 0.15) is 29.8 Å². The van der Waals surface area contributed by atoms with Crippen LogP contribution in [0.2, 0.25) is 0 Å². The third-order valence-corrected chi connectivity index (χ3v) is 2.06. The predicted molar refractivity (Wildman–Crippen MR) is 64.9 cm³/mol. The van der Waals surface area contributed by atoms with Crippen molar-refractivity contribution >= 4 is 23.1 Å². The third-order valence-electron chi connectivity index (χ3n) is 1.83. The molecule has 0 spiro atoms. The highest BCUT2D eigenvalue weighted by Crippen LogP contribution is 2.05. The molecule has 0 saturated heterocycles. The Labute approximate surface area is 94.7 Å². The molecule has 0 fully saturated rings. The monoisotopic (exact) mass is 222 g/mol. The van der Waals surface area contributed by atoms with Gasteiger partial charge in [-0.25, -0.2) is 0 Å². The van der Waals surface area contributed by atoms with Gasteiger partial charge in [-0.1, -0.05) is 24.4 Å². The van der Waals surface area contributed by atoms with E-state index in [1.807, 2.05) is 13.8 Å². The van der Waals surface area contributed by atoms with Crippen molar-refractivity contribution in [2.45, 2.75) is 19.9 Å². The summed E-state index contributed by atoms with van der Waals surface area (Å²) in [5, 5.41) is 2.80. The van der Waals surface area contributed by atoms with E-state index >= 15 is 0 Å². The minimum absolute atomic E-state index is 0.108. The minimum Gasteiger partial charge on any atom is -0.389 e. The minimum atomic E-state index is -0.108. The summed E-state index contributed by atoms with van der Waals surface area (Å²) in [5.41, 5.74) is 6.77. The maximum absolute atomic E-state index is 11.6. The highest BCUT2D eigenvalue weighted by molar-refractivity contribution is 7.80. The molecular formula is C11H14N2OS. The molecule has 80 valence electrons. The number of amides is 1. The van der Waals surface area contributed by atoms with Gasteiger partial charge in [-0.3, -0.25) is 4.79 Å². The van der Waals surface area contributed by atoms with Crippen LogP contribution in [0, 0.1) is 0 Å². The van der Waals surface area contributed by atoms with Crippen LogP contribution in [0.5, 0.6) is 0 Å². The van der Waals surface area contributed by atoms with Crippen molar-refractivity contribution in [2.24, 2.45) is 5.73 Å². The summed E-state index contributed by atoms with van der Waals surface area (Å²) >= 11 is 4.84. The summed E-state index contributed by atoms with van der Waals surface area (Å²) in [7, 11) is 0. The molecule has 0 aliphatic rings. The Balaban J connectivity index is 2.90. The van der Waals surface area contributed by atoms with Gasteiger partial charge < -0.3 is 11.1 Å². The number of nitrogens with one attached hydrogen (secondary N) is 1. The van der Waals surface area contributed by atoms with Crippen molar-refractivity contribution in [3.8, 4) is 0 Å². The van der Waals surface area contributed by atoms with Crippen molar-refractivity contribution in [3.63, 3.8) is 0 Å². The number of carbonyl (C=O) groups excluding carboxylic acids is 1. The normalized spacial score (nSPS) is 10.1. The van der Waals surface area contributed by atoms with Crippen LogP contribution in [-0.2, 0) is 0 Å². The summed E-state index contributed by atoms with van der Waals surface area (Å²) in [5.74, 6) is -0.108. The summed E-state index contributed by atoms with van der Waals surface area (Å²) in [4.78, 5) is 11.9. The van der Waals surface area contributed by atoms with E-state index in [0.29, 0.717) is 16.1 Å². The van der Waals surface area contributed by atoms with E-state index in [4.69, 9.17) is 18.0 Å². The van der Waals surface area contributed by atoms with Gasteiger partial charge in [0.05, 0.1) is 0 Å². The first kappa shape index (κ1) is 11.7. The maximum Gasteiger partial charge on any atom is 0.251 e. The van der Waals surface area contributed by atoms with Gasteiger partial charge in [-0.05, 0) is 26.0 Å². The lowest BCUT2D eigenvalue weighted by molar-refractivity contribution is 0.0943. The zero-order chi connectivity index (χ0) is 11.4.